The van der Waals surface area contributed by atoms with Crippen molar-refractivity contribution in [2.75, 3.05) is 31.1 Å². The number of carbonyl (C=O) groups excluding carboxylic acids is 2. The van der Waals surface area contributed by atoms with Gasteiger partial charge in [0.2, 0.25) is 15.9 Å². The molecule has 8 heteroatoms. The monoisotopic (exact) mass is 413 g/mol. The normalized spacial score (nSPS) is 21.7. The van der Waals surface area contributed by atoms with E-state index in [4.69, 9.17) is 0 Å². The lowest BCUT2D eigenvalue weighted by atomic mass is 10.2. The van der Waals surface area contributed by atoms with Crippen molar-refractivity contribution in [3.05, 3.63) is 60.2 Å². The molecule has 152 valence electrons. The molecule has 2 heterocycles. The molecule has 2 saturated heterocycles. The van der Waals surface area contributed by atoms with Gasteiger partial charge in [0.05, 0.1) is 23.0 Å². The van der Waals surface area contributed by atoms with Crippen molar-refractivity contribution in [3.8, 4) is 0 Å². The van der Waals surface area contributed by atoms with Crippen LogP contribution in [0, 0.1) is 6.92 Å². The van der Waals surface area contributed by atoms with Crippen molar-refractivity contribution in [2.24, 2.45) is 0 Å². The molecule has 2 aromatic rings. The van der Waals surface area contributed by atoms with Crippen LogP contribution in [0.2, 0.25) is 0 Å². The molecule has 0 unspecified atom stereocenters. The second kappa shape index (κ2) is 7.70. The van der Waals surface area contributed by atoms with Crippen molar-refractivity contribution >= 4 is 27.5 Å². The van der Waals surface area contributed by atoms with Crippen LogP contribution in [0.4, 0.5) is 5.69 Å². The fraction of sp³-hybridized carbons (Fsp3) is 0.333. The van der Waals surface area contributed by atoms with Crippen LogP contribution >= 0.6 is 0 Å². The molecule has 0 aromatic heterocycles. The molecule has 2 aromatic carbocycles. The maximum atomic E-state index is 12.9. The smallest absolute Gasteiger partial charge is 0.251 e. The first-order chi connectivity index (χ1) is 13.9. The lowest BCUT2D eigenvalue weighted by Gasteiger charge is -2.36. The molecule has 0 radical (unpaired) electrons. The Balaban J connectivity index is 1.44. The summed E-state index contributed by atoms with van der Waals surface area (Å²) in [7, 11) is -3.56. The third-order valence-corrected chi connectivity index (χ3v) is 7.42. The van der Waals surface area contributed by atoms with E-state index in [1.807, 2.05) is 17.9 Å². The van der Waals surface area contributed by atoms with Gasteiger partial charge in [-0.15, -0.1) is 0 Å². The largest absolute Gasteiger partial charge is 0.289 e. The van der Waals surface area contributed by atoms with Crippen LogP contribution in [0.15, 0.2) is 59.5 Å². The van der Waals surface area contributed by atoms with E-state index in [-0.39, 0.29) is 23.1 Å². The van der Waals surface area contributed by atoms with Crippen LogP contribution < -0.4 is 4.90 Å². The molecule has 0 bridgehead atoms. The summed E-state index contributed by atoms with van der Waals surface area (Å²) in [6.45, 7) is 3.32. The summed E-state index contributed by atoms with van der Waals surface area (Å²) < 4.78 is 27.2. The maximum Gasteiger partial charge on any atom is 0.251 e. The lowest BCUT2D eigenvalue weighted by molar-refractivity contribution is -0.123. The number of hydrogen-bond donors (Lipinski definition) is 0. The van der Waals surface area contributed by atoms with Gasteiger partial charge in [0.1, 0.15) is 0 Å². The zero-order valence-corrected chi connectivity index (χ0v) is 17.0. The Morgan fingerprint density at radius 2 is 1.48 bits per heavy atom. The van der Waals surface area contributed by atoms with Gasteiger partial charge in [0.25, 0.3) is 5.91 Å². The Morgan fingerprint density at radius 1 is 0.862 bits per heavy atom. The van der Waals surface area contributed by atoms with Gasteiger partial charge in [-0.25, -0.2) is 13.3 Å². The molecule has 0 spiro atoms. The SMILES string of the molecule is Cc1ccc(S(=O)(=O)N2CCN([C@H]3CC(=O)N(c4ccccc4)C3=O)CC2)cc1. The number of amides is 2. The summed E-state index contributed by atoms with van der Waals surface area (Å²) in [6, 6.07) is 15.2. The Labute approximate surface area is 170 Å². The van der Waals surface area contributed by atoms with Crippen LogP contribution in [-0.4, -0.2) is 61.7 Å². The molecule has 2 aliphatic rings. The topological polar surface area (TPSA) is 78.0 Å². The number of piperazine rings is 1. The minimum atomic E-state index is -3.56. The highest BCUT2D eigenvalue weighted by Gasteiger charge is 2.44. The lowest BCUT2D eigenvalue weighted by Crippen LogP contribution is -2.53. The molecule has 0 saturated carbocycles. The average molecular weight is 413 g/mol. The van der Waals surface area contributed by atoms with E-state index >= 15 is 0 Å². The Bertz CT molecular complexity index is 1010. The second-order valence-electron chi connectivity index (χ2n) is 7.38. The third-order valence-electron chi connectivity index (χ3n) is 5.51. The van der Waals surface area contributed by atoms with E-state index in [9.17, 15) is 18.0 Å². The number of aryl methyl sites for hydroxylation is 1. The Kier molecular flexibility index (Phi) is 5.24. The molecule has 2 fully saturated rings. The van der Waals surface area contributed by atoms with Gasteiger partial charge in [-0.1, -0.05) is 35.9 Å². The molecular weight excluding hydrogens is 390 g/mol. The summed E-state index contributed by atoms with van der Waals surface area (Å²) in [4.78, 5) is 28.8. The fourth-order valence-corrected chi connectivity index (χ4v) is 5.29. The summed E-state index contributed by atoms with van der Waals surface area (Å²) in [5.41, 5.74) is 1.58. The first-order valence-electron chi connectivity index (χ1n) is 9.60. The molecule has 29 heavy (non-hydrogen) atoms. The second-order valence-corrected chi connectivity index (χ2v) is 9.31. The summed E-state index contributed by atoms with van der Waals surface area (Å²) >= 11 is 0. The zero-order valence-electron chi connectivity index (χ0n) is 16.2. The van der Waals surface area contributed by atoms with Gasteiger partial charge in [-0.3, -0.25) is 14.5 Å². The molecule has 0 N–H and O–H groups in total. The predicted octanol–water partition coefficient (Wildman–Crippen LogP) is 1.63. The van der Waals surface area contributed by atoms with Crippen LogP contribution in [0.25, 0.3) is 0 Å². The van der Waals surface area contributed by atoms with Gasteiger partial charge in [-0.05, 0) is 31.2 Å². The average Bonchev–Trinajstić information content (AvgIpc) is 3.03. The minimum Gasteiger partial charge on any atom is -0.289 e. The van der Waals surface area contributed by atoms with Crippen LogP contribution in [0.1, 0.15) is 12.0 Å². The minimum absolute atomic E-state index is 0.123. The number of para-hydroxylation sites is 1. The Morgan fingerprint density at radius 3 is 2.10 bits per heavy atom. The zero-order chi connectivity index (χ0) is 20.6. The molecule has 0 aliphatic carbocycles. The molecule has 4 rings (SSSR count). The fourth-order valence-electron chi connectivity index (χ4n) is 3.86. The van der Waals surface area contributed by atoms with Crippen molar-refractivity contribution < 1.29 is 18.0 Å². The summed E-state index contributed by atoms with van der Waals surface area (Å²) in [6.07, 6.45) is 0.123. The number of sulfonamides is 1. The number of hydrogen-bond acceptors (Lipinski definition) is 5. The molecule has 7 nitrogen and oxygen atoms in total. The first-order valence-corrected chi connectivity index (χ1v) is 11.0. The van der Waals surface area contributed by atoms with Gasteiger partial charge >= 0.3 is 0 Å². The first kappa shape index (κ1) is 19.8. The van der Waals surface area contributed by atoms with Gasteiger partial charge in [-0.2, -0.15) is 4.31 Å². The Hall–Kier alpha value is -2.55. The molecular formula is C21H23N3O4S. The maximum absolute atomic E-state index is 12.9. The number of benzene rings is 2. The summed E-state index contributed by atoms with van der Waals surface area (Å²) in [5.74, 6) is -0.461. The number of nitrogens with zero attached hydrogens (tertiary/aromatic N) is 3. The van der Waals surface area contributed by atoms with Crippen LogP contribution in [0.5, 0.6) is 0 Å². The van der Waals surface area contributed by atoms with E-state index in [0.29, 0.717) is 31.9 Å². The van der Waals surface area contributed by atoms with Gasteiger partial charge < -0.3 is 0 Å². The summed E-state index contributed by atoms with van der Waals surface area (Å²) in [5, 5.41) is 0. The number of anilines is 1. The van der Waals surface area contributed by atoms with E-state index < -0.39 is 16.1 Å². The van der Waals surface area contributed by atoms with Crippen LogP contribution in [0.3, 0.4) is 0 Å². The third kappa shape index (κ3) is 3.71. The highest BCUT2D eigenvalue weighted by Crippen LogP contribution is 2.27. The highest BCUT2D eigenvalue weighted by molar-refractivity contribution is 7.89. The van der Waals surface area contributed by atoms with E-state index in [1.165, 1.54) is 9.21 Å². The number of rotatable bonds is 4. The predicted molar refractivity (Wildman–Crippen MR) is 109 cm³/mol. The van der Waals surface area contributed by atoms with E-state index in [0.717, 1.165) is 5.56 Å². The standard InChI is InChI=1S/C21H23N3O4S/c1-16-7-9-18(10-8-16)29(27,28)23-13-11-22(12-14-23)19-15-20(25)24(21(19)26)17-5-3-2-4-6-17/h2-10,19H,11-15H2,1H3/t19-/m0/s1. The van der Waals surface area contributed by atoms with Crippen molar-refractivity contribution in [3.63, 3.8) is 0 Å². The molecule has 2 amide bonds. The van der Waals surface area contributed by atoms with Crippen molar-refractivity contribution in [1.82, 2.24) is 9.21 Å². The molecule has 1 atom stereocenters. The van der Waals surface area contributed by atoms with Crippen molar-refractivity contribution in [2.45, 2.75) is 24.3 Å². The van der Waals surface area contributed by atoms with E-state index in [1.54, 1.807) is 48.5 Å². The van der Waals surface area contributed by atoms with Crippen LogP contribution in [-0.2, 0) is 19.6 Å². The molecule has 2 aliphatic heterocycles. The number of carbonyl (C=O) groups is 2. The van der Waals surface area contributed by atoms with Gasteiger partial charge in [0.15, 0.2) is 0 Å². The van der Waals surface area contributed by atoms with E-state index in [2.05, 4.69) is 0 Å². The van der Waals surface area contributed by atoms with Crippen molar-refractivity contribution in [1.29, 1.82) is 0 Å². The van der Waals surface area contributed by atoms with Gasteiger partial charge in [0, 0.05) is 26.2 Å². The quantitative estimate of drug-likeness (QED) is 0.712. The number of imide groups is 1. The highest BCUT2D eigenvalue weighted by atomic mass is 32.2.